The minimum absolute atomic E-state index is 0.0512. The van der Waals surface area contributed by atoms with Crippen LogP contribution in [0.25, 0.3) is 0 Å². The van der Waals surface area contributed by atoms with Gasteiger partial charge in [-0.25, -0.2) is 13.2 Å². The molecule has 35 heavy (non-hydrogen) atoms. The summed E-state index contributed by atoms with van der Waals surface area (Å²) in [7, 11) is -2.72. The average Bonchev–Trinajstić information content (AvgIpc) is 2.84. The number of ether oxygens (including phenoxy) is 2. The van der Waals surface area contributed by atoms with Crippen LogP contribution in [0.2, 0.25) is 0 Å². The van der Waals surface area contributed by atoms with Crippen molar-refractivity contribution in [1.82, 2.24) is 4.72 Å². The molecular formula is C26H28N2O6S. The molecule has 2 N–H and O–H groups in total. The SMILES string of the molecule is CCOC(=O)c1ccc(NC(=O)[C@@H](Cc2ccccc2)NS(=O)(=O)c2cc(C)ccc2OC)cc1. The number of rotatable bonds is 10. The fourth-order valence-corrected chi connectivity index (χ4v) is 4.87. The van der Waals surface area contributed by atoms with Crippen LogP contribution in [0.3, 0.4) is 0 Å². The third-order valence-electron chi connectivity index (χ3n) is 5.17. The molecule has 0 radical (unpaired) electrons. The highest BCUT2D eigenvalue weighted by Gasteiger charge is 2.28. The van der Waals surface area contributed by atoms with Crippen LogP contribution in [-0.4, -0.2) is 40.1 Å². The highest BCUT2D eigenvalue weighted by Crippen LogP contribution is 2.25. The third kappa shape index (κ3) is 6.91. The van der Waals surface area contributed by atoms with Gasteiger partial charge in [0.1, 0.15) is 16.7 Å². The Balaban J connectivity index is 1.86. The molecule has 3 aromatic carbocycles. The van der Waals surface area contributed by atoms with E-state index in [0.29, 0.717) is 11.3 Å². The zero-order chi connectivity index (χ0) is 25.4. The molecule has 0 heterocycles. The van der Waals surface area contributed by atoms with E-state index < -0.39 is 27.9 Å². The van der Waals surface area contributed by atoms with Gasteiger partial charge >= 0.3 is 5.97 Å². The maximum absolute atomic E-state index is 13.3. The molecule has 3 rings (SSSR count). The van der Waals surface area contributed by atoms with E-state index >= 15 is 0 Å². The molecule has 0 aromatic heterocycles. The molecule has 0 bridgehead atoms. The zero-order valence-corrected chi connectivity index (χ0v) is 20.6. The minimum Gasteiger partial charge on any atom is -0.495 e. The lowest BCUT2D eigenvalue weighted by Crippen LogP contribution is -2.45. The Morgan fingerprint density at radius 2 is 1.66 bits per heavy atom. The standard InChI is InChI=1S/C26H28N2O6S/c1-4-34-26(30)20-11-13-21(14-12-20)27-25(29)22(17-19-8-6-5-7-9-19)28-35(31,32)24-16-18(2)10-15-23(24)33-3/h5-16,22,28H,4,17H2,1-3H3,(H,27,29)/t22-/m1/s1. The first-order valence-electron chi connectivity index (χ1n) is 11.0. The summed E-state index contributed by atoms with van der Waals surface area (Å²) in [6.45, 7) is 3.74. The van der Waals surface area contributed by atoms with Crippen LogP contribution in [0.4, 0.5) is 5.69 Å². The summed E-state index contributed by atoms with van der Waals surface area (Å²) in [6.07, 6.45) is 0.126. The van der Waals surface area contributed by atoms with Gasteiger partial charge in [0.15, 0.2) is 0 Å². The van der Waals surface area contributed by atoms with Crippen molar-refractivity contribution < 1.29 is 27.5 Å². The Morgan fingerprint density at radius 3 is 2.29 bits per heavy atom. The number of amides is 1. The number of hydrogen-bond donors (Lipinski definition) is 2. The van der Waals surface area contributed by atoms with Gasteiger partial charge in [-0.2, -0.15) is 4.72 Å². The van der Waals surface area contributed by atoms with Gasteiger partial charge in [-0.15, -0.1) is 0 Å². The molecule has 1 amide bonds. The van der Waals surface area contributed by atoms with Crippen molar-refractivity contribution in [2.45, 2.75) is 31.2 Å². The first-order chi connectivity index (χ1) is 16.7. The number of carbonyl (C=O) groups excluding carboxylic acids is 2. The predicted molar refractivity (Wildman–Crippen MR) is 133 cm³/mol. The molecule has 0 spiro atoms. The number of aryl methyl sites for hydroxylation is 1. The fraction of sp³-hybridized carbons (Fsp3) is 0.231. The Labute approximate surface area is 205 Å². The quantitative estimate of drug-likeness (QED) is 0.414. The number of anilines is 1. The van der Waals surface area contributed by atoms with Gasteiger partial charge in [-0.3, -0.25) is 4.79 Å². The van der Waals surface area contributed by atoms with Gasteiger partial charge in [0.2, 0.25) is 15.9 Å². The molecule has 0 saturated carbocycles. The maximum Gasteiger partial charge on any atom is 0.338 e. The van der Waals surface area contributed by atoms with Crippen LogP contribution >= 0.6 is 0 Å². The molecule has 0 aliphatic heterocycles. The number of benzene rings is 3. The van der Waals surface area contributed by atoms with Crippen molar-refractivity contribution in [1.29, 1.82) is 0 Å². The highest BCUT2D eigenvalue weighted by atomic mass is 32.2. The zero-order valence-electron chi connectivity index (χ0n) is 19.8. The van der Waals surface area contributed by atoms with Crippen LogP contribution in [0.15, 0.2) is 77.7 Å². The van der Waals surface area contributed by atoms with E-state index in [1.807, 2.05) is 30.3 Å². The second-order valence-electron chi connectivity index (χ2n) is 7.80. The van der Waals surface area contributed by atoms with Crippen molar-refractivity contribution in [3.05, 3.63) is 89.5 Å². The van der Waals surface area contributed by atoms with E-state index in [1.54, 1.807) is 38.1 Å². The largest absolute Gasteiger partial charge is 0.495 e. The van der Waals surface area contributed by atoms with Crippen LogP contribution in [0, 0.1) is 6.92 Å². The number of hydrogen-bond acceptors (Lipinski definition) is 6. The number of methoxy groups -OCH3 is 1. The molecule has 3 aromatic rings. The monoisotopic (exact) mass is 496 g/mol. The topological polar surface area (TPSA) is 111 Å². The number of nitrogens with one attached hydrogen (secondary N) is 2. The lowest BCUT2D eigenvalue weighted by Gasteiger charge is -2.20. The average molecular weight is 497 g/mol. The van der Waals surface area contributed by atoms with Crippen molar-refractivity contribution in [3.63, 3.8) is 0 Å². The molecule has 0 fully saturated rings. The molecule has 1 atom stereocenters. The maximum atomic E-state index is 13.3. The van der Waals surface area contributed by atoms with Crippen LogP contribution in [-0.2, 0) is 26.0 Å². The molecule has 0 aliphatic rings. The highest BCUT2D eigenvalue weighted by molar-refractivity contribution is 7.89. The summed E-state index contributed by atoms with van der Waals surface area (Å²) in [5, 5.41) is 2.73. The molecule has 8 nitrogen and oxygen atoms in total. The van der Waals surface area contributed by atoms with Crippen molar-refractivity contribution >= 4 is 27.6 Å². The summed E-state index contributed by atoms with van der Waals surface area (Å²) in [5.74, 6) is -0.836. The first-order valence-corrected chi connectivity index (χ1v) is 12.5. The van der Waals surface area contributed by atoms with Gasteiger partial charge in [-0.05, 0) is 67.8 Å². The summed E-state index contributed by atoms with van der Waals surface area (Å²) in [6, 6.07) is 19.0. The second kappa shape index (κ2) is 11.6. The normalized spacial score (nSPS) is 12.0. The Hall–Kier alpha value is -3.69. The van der Waals surface area contributed by atoms with Gasteiger partial charge in [0.05, 0.1) is 19.3 Å². The van der Waals surface area contributed by atoms with Crippen molar-refractivity contribution in [3.8, 4) is 5.75 Å². The molecule has 0 unspecified atom stereocenters. The van der Waals surface area contributed by atoms with E-state index in [4.69, 9.17) is 9.47 Å². The van der Waals surface area contributed by atoms with Gasteiger partial charge in [0, 0.05) is 5.69 Å². The van der Waals surface area contributed by atoms with E-state index in [9.17, 15) is 18.0 Å². The summed E-state index contributed by atoms with van der Waals surface area (Å²) < 4.78 is 39.3. The summed E-state index contributed by atoms with van der Waals surface area (Å²) >= 11 is 0. The number of carbonyl (C=O) groups is 2. The molecule has 0 aliphatic carbocycles. The molecular weight excluding hydrogens is 468 g/mol. The van der Waals surface area contributed by atoms with Crippen molar-refractivity contribution in [2.24, 2.45) is 0 Å². The van der Waals surface area contributed by atoms with Crippen LogP contribution in [0.1, 0.15) is 28.4 Å². The Kier molecular flexibility index (Phi) is 8.62. The van der Waals surface area contributed by atoms with Gasteiger partial charge < -0.3 is 14.8 Å². The van der Waals surface area contributed by atoms with Crippen molar-refractivity contribution in [2.75, 3.05) is 19.0 Å². The predicted octanol–water partition coefficient (Wildman–Crippen LogP) is 3.71. The smallest absolute Gasteiger partial charge is 0.338 e. The summed E-state index contributed by atoms with van der Waals surface area (Å²) in [5.41, 5.74) is 2.27. The lowest BCUT2D eigenvalue weighted by atomic mass is 10.1. The number of esters is 1. The minimum atomic E-state index is -4.10. The number of sulfonamides is 1. The van der Waals surface area contributed by atoms with E-state index in [1.165, 1.54) is 25.3 Å². The van der Waals surface area contributed by atoms with Crippen LogP contribution < -0.4 is 14.8 Å². The van der Waals surface area contributed by atoms with E-state index in [0.717, 1.165) is 11.1 Å². The fourth-order valence-electron chi connectivity index (χ4n) is 3.42. The molecule has 9 heteroatoms. The molecule has 0 saturated heterocycles. The lowest BCUT2D eigenvalue weighted by molar-refractivity contribution is -0.117. The van der Waals surface area contributed by atoms with Gasteiger partial charge in [-0.1, -0.05) is 36.4 Å². The first kappa shape index (κ1) is 25.9. The van der Waals surface area contributed by atoms with E-state index in [2.05, 4.69) is 10.0 Å². The third-order valence-corrected chi connectivity index (χ3v) is 6.66. The Bertz CT molecular complexity index is 1270. The molecule has 184 valence electrons. The summed E-state index contributed by atoms with van der Waals surface area (Å²) in [4.78, 5) is 25.0. The van der Waals surface area contributed by atoms with E-state index in [-0.39, 0.29) is 23.7 Å². The Morgan fingerprint density at radius 1 is 0.971 bits per heavy atom. The second-order valence-corrected chi connectivity index (χ2v) is 9.49. The van der Waals surface area contributed by atoms with Crippen LogP contribution in [0.5, 0.6) is 5.75 Å². The van der Waals surface area contributed by atoms with Gasteiger partial charge in [0.25, 0.3) is 0 Å².